The number of carboxylic acid groups (broad SMARTS) is 1. The van der Waals surface area contributed by atoms with Crippen LogP contribution >= 0.6 is 11.6 Å². The second kappa shape index (κ2) is 6.58. The minimum absolute atomic E-state index is 0.194. The molecule has 0 saturated heterocycles. The predicted octanol–water partition coefficient (Wildman–Crippen LogP) is 3.34. The van der Waals surface area contributed by atoms with Gasteiger partial charge in [0.05, 0.1) is 5.56 Å². The predicted molar refractivity (Wildman–Crippen MR) is 80.4 cm³/mol. The van der Waals surface area contributed by atoms with E-state index < -0.39 is 23.7 Å². The zero-order valence-corrected chi connectivity index (χ0v) is 12.4. The van der Waals surface area contributed by atoms with Crippen molar-refractivity contribution >= 4 is 23.5 Å². The summed E-state index contributed by atoms with van der Waals surface area (Å²) >= 11 is 5.75. The van der Waals surface area contributed by atoms with E-state index in [2.05, 4.69) is 5.32 Å². The van der Waals surface area contributed by atoms with E-state index >= 15 is 0 Å². The molecule has 0 aliphatic carbocycles. The van der Waals surface area contributed by atoms with Crippen LogP contribution in [0, 0.1) is 12.7 Å². The van der Waals surface area contributed by atoms with Crippen molar-refractivity contribution in [1.82, 2.24) is 5.32 Å². The molecule has 1 amide bonds. The number of carboxylic acids is 1. The van der Waals surface area contributed by atoms with Crippen LogP contribution < -0.4 is 5.32 Å². The average Bonchev–Trinajstić information content (AvgIpc) is 2.48. The monoisotopic (exact) mass is 321 g/mol. The van der Waals surface area contributed by atoms with Gasteiger partial charge >= 0.3 is 5.97 Å². The fourth-order valence-electron chi connectivity index (χ4n) is 1.96. The third-order valence-corrected chi connectivity index (χ3v) is 3.34. The molecule has 0 aliphatic rings. The molecule has 0 spiro atoms. The van der Waals surface area contributed by atoms with Gasteiger partial charge in [0.2, 0.25) is 0 Å². The van der Waals surface area contributed by atoms with Gasteiger partial charge in [0.1, 0.15) is 5.82 Å². The Bertz CT molecular complexity index is 716. The fourth-order valence-corrected chi connectivity index (χ4v) is 2.09. The topological polar surface area (TPSA) is 66.4 Å². The maximum atomic E-state index is 13.7. The second-order valence-electron chi connectivity index (χ2n) is 4.78. The molecule has 1 unspecified atom stereocenters. The van der Waals surface area contributed by atoms with E-state index in [1.54, 1.807) is 6.92 Å². The Balaban J connectivity index is 2.28. The lowest BCUT2D eigenvalue weighted by molar-refractivity contribution is -0.139. The summed E-state index contributed by atoms with van der Waals surface area (Å²) in [4.78, 5) is 23.5. The van der Waals surface area contributed by atoms with E-state index in [0.29, 0.717) is 16.1 Å². The highest BCUT2D eigenvalue weighted by Gasteiger charge is 2.24. The van der Waals surface area contributed by atoms with Crippen molar-refractivity contribution in [3.05, 3.63) is 70.0 Å². The Morgan fingerprint density at radius 3 is 2.41 bits per heavy atom. The third-order valence-electron chi connectivity index (χ3n) is 3.09. The second-order valence-corrected chi connectivity index (χ2v) is 5.22. The molecule has 0 bridgehead atoms. The number of benzene rings is 2. The van der Waals surface area contributed by atoms with Crippen LogP contribution in [0.4, 0.5) is 4.39 Å². The molecule has 0 aliphatic heterocycles. The van der Waals surface area contributed by atoms with Crippen LogP contribution in [-0.4, -0.2) is 17.0 Å². The third kappa shape index (κ3) is 3.62. The maximum absolute atomic E-state index is 13.7. The molecule has 2 aromatic carbocycles. The first kappa shape index (κ1) is 16.0. The average molecular weight is 322 g/mol. The lowest BCUT2D eigenvalue weighted by atomic mass is 10.1. The van der Waals surface area contributed by atoms with E-state index in [-0.39, 0.29) is 5.56 Å². The molecule has 22 heavy (non-hydrogen) atoms. The first-order chi connectivity index (χ1) is 10.4. The number of aryl methyl sites for hydroxylation is 1. The Morgan fingerprint density at radius 1 is 1.18 bits per heavy atom. The Labute approximate surface area is 131 Å². The molecule has 6 heteroatoms. The van der Waals surface area contributed by atoms with E-state index in [0.717, 1.165) is 0 Å². The highest BCUT2D eigenvalue weighted by molar-refractivity contribution is 6.30. The first-order valence-corrected chi connectivity index (χ1v) is 6.81. The van der Waals surface area contributed by atoms with Gasteiger partial charge in [0.25, 0.3) is 5.91 Å². The minimum atomic E-state index is -1.29. The zero-order chi connectivity index (χ0) is 16.3. The van der Waals surface area contributed by atoms with Gasteiger partial charge < -0.3 is 10.4 Å². The molecule has 2 N–H and O–H groups in total. The van der Waals surface area contributed by atoms with Gasteiger partial charge in [-0.15, -0.1) is 0 Å². The number of nitrogens with one attached hydrogen (secondary N) is 1. The molecule has 0 saturated carbocycles. The molecular formula is C16H13ClFNO3. The molecular weight excluding hydrogens is 309 g/mol. The van der Waals surface area contributed by atoms with Crippen LogP contribution in [0.1, 0.15) is 27.5 Å². The SMILES string of the molecule is Cc1ccc(F)c(C(=O)NC(C(=O)O)c2ccc(Cl)cc2)c1. The Morgan fingerprint density at radius 2 is 1.82 bits per heavy atom. The number of carbonyl (C=O) groups excluding carboxylic acids is 1. The summed E-state index contributed by atoms with van der Waals surface area (Å²) in [5.74, 6) is -2.74. The summed E-state index contributed by atoms with van der Waals surface area (Å²) in [6.45, 7) is 1.71. The van der Waals surface area contributed by atoms with Crippen LogP contribution in [0.3, 0.4) is 0 Å². The van der Waals surface area contributed by atoms with Gasteiger partial charge in [-0.1, -0.05) is 35.4 Å². The summed E-state index contributed by atoms with van der Waals surface area (Å²) in [6, 6.07) is 8.80. The number of amides is 1. The van der Waals surface area contributed by atoms with Crippen molar-refractivity contribution in [2.45, 2.75) is 13.0 Å². The smallest absolute Gasteiger partial charge is 0.330 e. The van der Waals surface area contributed by atoms with Crippen LogP contribution in [0.15, 0.2) is 42.5 Å². The van der Waals surface area contributed by atoms with E-state index in [4.69, 9.17) is 11.6 Å². The Kier molecular flexibility index (Phi) is 4.78. The summed E-state index contributed by atoms with van der Waals surface area (Å²) < 4.78 is 13.7. The number of hydrogen-bond donors (Lipinski definition) is 2. The Hall–Kier alpha value is -2.40. The molecule has 4 nitrogen and oxygen atoms in total. The zero-order valence-electron chi connectivity index (χ0n) is 11.6. The van der Waals surface area contributed by atoms with Gasteiger partial charge in [-0.3, -0.25) is 4.79 Å². The van der Waals surface area contributed by atoms with Crippen LogP contribution in [0.5, 0.6) is 0 Å². The summed E-state index contributed by atoms with van der Waals surface area (Å²) in [6.07, 6.45) is 0. The standard InChI is InChI=1S/C16H13ClFNO3/c1-9-2-7-13(18)12(8-9)15(20)19-14(16(21)22)10-3-5-11(17)6-4-10/h2-8,14H,1H3,(H,19,20)(H,21,22). The highest BCUT2D eigenvalue weighted by atomic mass is 35.5. The molecule has 2 aromatic rings. The maximum Gasteiger partial charge on any atom is 0.330 e. The molecule has 2 rings (SSSR count). The van der Waals surface area contributed by atoms with Crippen LogP contribution in [0.25, 0.3) is 0 Å². The van der Waals surface area contributed by atoms with Gasteiger partial charge in [-0.2, -0.15) is 0 Å². The number of carbonyl (C=O) groups is 2. The first-order valence-electron chi connectivity index (χ1n) is 6.44. The molecule has 0 radical (unpaired) electrons. The minimum Gasteiger partial charge on any atom is -0.479 e. The normalized spacial score (nSPS) is 11.8. The van der Waals surface area contributed by atoms with Crippen molar-refractivity contribution in [3.63, 3.8) is 0 Å². The molecule has 1 atom stereocenters. The summed E-state index contributed by atoms with van der Waals surface area (Å²) in [5, 5.41) is 12.0. The summed E-state index contributed by atoms with van der Waals surface area (Å²) in [5.41, 5.74) is 0.850. The van der Waals surface area contributed by atoms with E-state index in [9.17, 15) is 19.1 Å². The molecule has 0 heterocycles. The summed E-state index contributed by atoms with van der Waals surface area (Å²) in [7, 11) is 0. The number of hydrogen-bond acceptors (Lipinski definition) is 2. The van der Waals surface area contributed by atoms with Crippen molar-refractivity contribution in [2.75, 3.05) is 0 Å². The fraction of sp³-hybridized carbons (Fsp3) is 0.125. The number of rotatable bonds is 4. The van der Waals surface area contributed by atoms with Gasteiger partial charge in [0, 0.05) is 5.02 Å². The molecule has 0 fully saturated rings. The molecule has 0 aromatic heterocycles. The largest absolute Gasteiger partial charge is 0.479 e. The van der Waals surface area contributed by atoms with Crippen LogP contribution in [0.2, 0.25) is 5.02 Å². The van der Waals surface area contributed by atoms with Gasteiger partial charge in [-0.25, -0.2) is 9.18 Å². The quantitative estimate of drug-likeness (QED) is 0.907. The van der Waals surface area contributed by atoms with Crippen molar-refractivity contribution in [1.29, 1.82) is 0 Å². The van der Waals surface area contributed by atoms with E-state index in [1.807, 2.05) is 0 Å². The highest BCUT2D eigenvalue weighted by Crippen LogP contribution is 2.18. The van der Waals surface area contributed by atoms with Crippen molar-refractivity contribution in [2.24, 2.45) is 0 Å². The van der Waals surface area contributed by atoms with Crippen molar-refractivity contribution < 1.29 is 19.1 Å². The molecule has 114 valence electrons. The van der Waals surface area contributed by atoms with Crippen molar-refractivity contribution in [3.8, 4) is 0 Å². The lowest BCUT2D eigenvalue weighted by Crippen LogP contribution is -2.34. The lowest BCUT2D eigenvalue weighted by Gasteiger charge is -2.15. The van der Waals surface area contributed by atoms with E-state index in [1.165, 1.54) is 42.5 Å². The van der Waals surface area contributed by atoms with Crippen LogP contribution in [-0.2, 0) is 4.79 Å². The van der Waals surface area contributed by atoms with Gasteiger partial charge in [-0.05, 0) is 36.8 Å². The number of aliphatic carboxylic acids is 1. The van der Waals surface area contributed by atoms with Gasteiger partial charge in [0.15, 0.2) is 6.04 Å². The number of halogens is 2.